The molecule has 2 rings (SSSR count). The largest absolute Gasteiger partial charge is 0.561 e. The molecule has 86 valence electrons. The highest BCUT2D eigenvalue weighted by Gasteiger charge is 2.52. The lowest BCUT2D eigenvalue weighted by Gasteiger charge is -2.37. The Labute approximate surface area is 93.0 Å². The Morgan fingerprint density at radius 1 is 0.867 bits per heavy atom. The average molecular weight is 209 g/mol. The fraction of sp³-hybridized carbons (Fsp3) is 0.833. The molecule has 0 N–H and O–H groups in total. The number of rotatable bonds is 0. The van der Waals surface area contributed by atoms with Gasteiger partial charge in [0.05, 0.1) is 0 Å². The van der Waals surface area contributed by atoms with Gasteiger partial charge < -0.3 is 9.31 Å². The molecule has 0 atom stereocenters. The standard InChI is InChI=1S/C12H22BO2/c1-9-7-13(8-10(9)2)14-11(3,4)12(5,6)15-13/h7-8H2,1-6H3/q-1. The first kappa shape index (κ1) is 11.2. The quantitative estimate of drug-likeness (QED) is 0.449. The third-order valence-electron chi connectivity index (χ3n) is 4.43. The van der Waals surface area contributed by atoms with E-state index >= 15 is 0 Å². The van der Waals surface area contributed by atoms with Crippen LogP contribution in [0.5, 0.6) is 0 Å². The van der Waals surface area contributed by atoms with E-state index in [9.17, 15) is 0 Å². The summed E-state index contributed by atoms with van der Waals surface area (Å²) >= 11 is 0. The van der Waals surface area contributed by atoms with Crippen LogP contribution in [-0.2, 0) is 9.31 Å². The van der Waals surface area contributed by atoms with Crippen molar-refractivity contribution in [3.63, 3.8) is 0 Å². The van der Waals surface area contributed by atoms with Gasteiger partial charge in [-0.1, -0.05) is 0 Å². The minimum absolute atomic E-state index is 0.183. The molecule has 0 aliphatic carbocycles. The average Bonchev–Trinajstić information content (AvgIpc) is 2.31. The molecule has 2 aliphatic heterocycles. The Balaban J connectivity index is 2.25. The van der Waals surface area contributed by atoms with Gasteiger partial charge in [0, 0.05) is 11.2 Å². The molecule has 0 aromatic heterocycles. The van der Waals surface area contributed by atoms with E-state index < -0.39 is 6.55 Å². The molecule has 0 radical (unpaired) electrons. The van der Waals surface area contributed by atoms with Crippen LogP contribution in [-0.4, -0.2) is 17.8 Å². The fourth-order valence-electron chi connectivity index (χ4n) is 2.90. The Morgan fingerprint density at radius 3 is 1.53 bits per heavy atom. The van der Waals surface area contributed by atoms with E-state index in [0.717, 1.165) is 12.6 Å². The van der Waals surface area contributed by atoms with Gasteiger partial charge in [-0.15, -0.1) is 23.8 Å². The van der Waals surface area contributed by atoms with Gasteiger partial charge in [0.1, 0.15) is 0 Å². The second-order valence-electron chi connectivity index (χ2n) is 6.28. The van der Waals surface area contributed by atoms with Crippen LogP contribution in [0.2, 0.25) is 12.6 Å². The first-order chi connectivity index (χ1) is 6.68. The Hall–Kier alpha value is -0.275. The van der Waals surface area contributed by atoms with E-state index in [0.29, 0.717) is 0 Å². The van der Waals surface area contributed by atoms with Crippen LogP contribution in [0.1, 0.15) is 41.5 Å². The predicted octanol–water partition coefficient (Wildman–Crippen LogP) is 3.38. The van der Waals surface area contributed by atoms with E-state index in [-0.39, 0.29) is 11.2 Å². The first-order valence-electron chi connectivity index (χ1n) is 5.90. The van der Waals surface area contributed by atoms with Crippen LogP contribution < -0.4 is 0 Å². The van der Waals surface area contributed by atoms with Crippen LogP contribution in [0.25, 0.3) is 0 Å². The zero-order chi connectivity index (χ0) is 11.5. The second-order valence-corrected chi connectivity index (χ2v) is 6.28. The Morgan fingerprint density at radius 2 is 1.20 bits per heavy atom. The molecule has 0 aromatic rings. The van der Waals surface area contributed by atoms with E-state index in [1.165, 1.54) is 11.1 Å². The summed E-state index contributed by atoms with van der Waals surface area (Å²) in [5.74, 6) is 0. The van der Waals surface area contributed by atoms with Crippen LogP contribution in [0.4, 0.5) is 0 Å². The molecule has 1 spiro atoms. The van der Waals surface area contributed by atoms with Crippen molar-refractivity contribution in [2.45, 2.75) is 65.4 Å². The molecule has 3 heteroatoms. The molecule has 0 bridgehead atoms. The summed E-state index contributed by atoms with van der Waals surface area (Å²) in [7, 11) is 0. The Bertz CT molecular complexity index is 297. The molecule has 0 aromatic carbocycles. The van der Waals surface area contributed by atoms with E-state index in [2.05, 4.69) is 41.5 Å². The zero-order valence-corrected chi connectivity index (χ0v) is 10.8. The third-order valence-corrected chi connectivity index (χ3v) is 4.43. The van der Waals surface area contributed by atoms with Gasteiger partial charge in [-0.3, -0.25) is 0 Å². The summed E-state index contributed by atoms with van der Waals surface area (Å²) in [6, 6.07) is 0. The van der Waals surface area contributed by atoms with Gasteiger partial charge in [0.2, 0.25) is 6.55 Å². The SMILES string of the molecule is CC1=C(C)C[B-]2(C1)OC(C)(C)C(C)(C)O2. The van der Waals surface area contributed by atoms with Crippen molar-refractivity contribution in [3.05, 3.63) is 11.1 Å². The van der Waals surface area contributed by atoms with Gasteiger partial charge in [0.15, 0.2) is 0 Å². The molecule has 2 aliphatic rings. The van der Waals surface area contributed by atoms with Crippen LogP contribution >= 0.6 is 0 Å². The van der Waals surface area contributed by atoms with Gasteiger partial charge in [-0.2, -0.15) is 0 Å². The lowest BCUT2D eigenvalue weighted by molar-refractivity contribution is 0.00578. The van der Waals surface area contributed by atoms with Crippen molar-refractivity contribution in [1.29, 1.82) is 0 Å². The first-order valence-corrected chi connectivity index (χ1v) is 5.90. The van der Waals surface area contributed by atoms with E-state index in [4.69, 9.17) is 9.31 Å². The van der Waals surface area contributed by atoms with E-state index in [1.807, 2.05) is 0 Å². The van der Waals surface area contributed by atoms with Crippen molar-refractivity contribution < 1.29 is 9.31 Å². The van der Waals surface area contributed by atoms with Crippen molar-refractivity contribution in [3.8, 4) is 0 Å². The monoisotopic (exact) mass is 209 g/mol. The van der Waals surface area contributed by atoms with Crippen molar-refractivity contribution in [1.82, 2.24) is 0 Å². The molecule has 1 fully saturated rings. The summed E-state index contributed by atoms with van der Waals surface area (Å²) in [4.78, 5) is 0. The van der Waals surface area contributed by atoms with Crippen LogP contribution in [0.15, 0.2) is 11.1 Å². The van der Waals surface area contributed by atoms with Gasteiger partial charge >= 0.3 is 0 Å². The molecular formula is C12H22BO2-. The van der Waals surface area contributed by atoms with Crippen LogP contribution in [0, 0.1) is 0 Å². The lowest BCUT2D eigenvalue weighted by atomic mass is 9.54. The molecule has 0 unspecified atom stereocenters. The third kappa shape index (κ3) is 1.56. The molecule has 2 heterocycles. The molecule has 0 saturated carbocycles. The maximum Gasteiger partial charge on any atom is 0.249 e. The maximum absolute atomic E-state index is 6.25. The highest BCUT2D eigenvalue weighted by Crippen LogP contribution is 2.49. The summed E-state index contributed by atoms with van der Waals surface area (Å²) in [6.45, 7) is 11.8. The molecular weight excluding hydrogens is 187 g/mol. The van der Waals surface area contributed by atoms with E-state index in [1.54, 1.807) is 0 Å². The fourth-order valence-corrected chi connectivity index (χ4v) is 2.90. The van der Waals surface area contributed by atoms with Crippen molar-refractivity contribution in [2.75, 3.05) is 0 Å². The lowest BCUT2D eigenvalue weighted by Crippen LogP contribution is -2.41. The molecule has 1 saturated heterocycles. The summed E-state index contributed by atoms with van der Waals surface area (Å²) < 4.78 is 12.5. The maximum atomic E-state index is 6.25. The number of hydrogen-bond donors (Lipinski definition) is 0. The summed E-state index contributed by atoms with van der Waals surface area (Å²) in [5, 5.41) is 0. The minimum Gasteiger partial charge on any atom is -0.561 e. The van der Waals surface area contributed by atoms with Gasteiger partial charge in [-0.05, 0) is 41.5 Å². The summed E-state index contributed by atoms with van der Waals surface area (Å²) in [5.41, 5.74) is 2.53. The predicted molar refractivity (Wildman–Crippen MR) is 64.1 cm³/mol. The zero-order valence-electron chi connectivity index (χ0n) is 10.8. The van der Waals surface area contributed by atoms with Gasteiger partial charge in [-0.25, -0.2) is 0 Å². The topological polar surface area (TPSA) is 18.5 Å². The summed E-state index contributed by atoms with van der Waals surface area (Å²) in [6.07, 6.45) is 1.97. The highest BCUT2D eigenvalue weighted by molar-refractivity contribution is 6.70. The molecule has 15 heavy (non-hydrogen) atoms. The minimum atomic E-state index is -1.08. The normalized spacial score (nSPS) is 31.6. The van der Waals surface area contributed by atoms with Crippen molar-refractivity contribution in [2.24, 2.45) is 0 Å². The second kappa shape index (κ2) is 2.89. The molecule has 0 amide bonds. The van der Waals surface area contributed by atoms with Crippen LogP contribution in [0.3, 0.4) is 0 Å². The smallest absolute Gasteiger partial charge is 0.249 e. The molecule has 2 nitrogen and oxygen atoms in total. The number of allylic oxidation sites excluding steroid dienone is 2. The Kier molecular flexibility index (Phi) is 2.16. The van der Waals surface area contributed by atoms with Gasteiger partial charge in [0.25, 0.3) is 0 Å². The highest BCUT2D eigenvalue weighted by atomic mass is 16.7. The van der Waals surface area contributed by atoms with Crippen molar-refractivity contribution >= 4 is 6.55 Å². The number of hydrogen-bond acceptors (Lipinski definition) is 2.